The highest BCUT2D eigenvalue weighted by atomic mass is 35.5. The molecule has 6 nitrogen and oxygen atoms in total. The number of nitrogens with zero attached hydrogens (tertiary/aromatic N) is 3. The lowest BCUT2D eigenvalue weighted by Crippen LogP contribution is -2.03. The predicted octanol–water partition coefficient (Wildman–Crippen LogP) is 5.33. The van der Waals surface area contributed by atoms with Crippen LogP contribution in [-0.4, -0.2) is 22.3 Å². The van der Waals surface area contributed by atoms with E-state index >= 15 is 0 Å². The number of nitrogens with one attached hydrogen (secondary N) is 2. The maximum atomic E-state index is 6.15. The Kier molecular flexibility index (Phi) is 5.43. The van der Waals surface area contributed by atoms with Crippen molar-refractivity contribution < 1.29 is 4.74 Å². The molecule has 0 saturated carbocycles. The first-order valence-electron chi connectivity index (χ1n) is 7.07. The van der Waals surface area contributed by atoms with Crippen LogP contribution in [0.2, 0.25) is 15.1 Å². The van der Waals surface area contributed by atoms with Crippen molar-refractivity contribution in [1.82, 2.24) is 15.2 Å². The number of hydrogen-bond donors (Lipinski definition) is 2. The summed E-state index contributed by atoms with van der Waals surface area (Å²) in [5, 5.41) is 15.5. The van der Waals surface area contributed by atoms with Crippen LogP contribution in [0, 0.1) is 0 Å². The van der Waals surface area contributed by atoms with Crippen molar-refractivity contribution in [3.63, 3.8) is 0 Å². The van der Waals surface area contributed by atoms with Gasteiger partial charge >= 0.3 is 0 Å². The molecule has 0 bridgehead atoms. The van der Waals surface area contributed by atoms with E-state index in [0.717, 1.165) is 0 Å². The molecule has 0 aliphatic heterocycles. The summed E-state index contributed by atoms with van der Waals surface area (Å²) in [7, 11) is 1.56. The van der Waals surface area contributed by atoms with Gasteiger partial charge in [0, 0.05) is 10.0 Å². The molecule has 1 heterocycles. The van der Waals surface area contributed by atoms with Crippen LogP contribution in [0.25, 0.3) is 0 Å². The zero-order valence-electron chi connectivity index (χ0n) is 12.9. The van der Waals surface area contributed by atoms with Gasteiger partial charge in [0.25, 0.3) is 0 Å². The van der Waals surface area contributed by atoms with Gasteiger partial charge in [0.2, 0.25) is 5.95 Å². The fraction of sp³-hybridized carbons (Fsp3) is 0.0625. The fourth-order valence-corrected chi connectivity index (χ4v) is 2.67. The first-order valence-corrected chi connectivity index (χ1v) is 8.21. The first-order chi connectivity index (χ1) is 12.0. The van der Waals surface area contributed by atoms with Crippen molar-refractivity contribution in [2.45, 2.75) is 0 Å². The van der Waals surface area contributed by atoms with Gasteiger partial charge in [-0.05, 0) is 36.4 Å². The van der Waals surface area contributed by atoms with E-state index in [0.29, 0.717) is 38.0 Å². The molecule has 128 valence electrons. The van der Waals surface area contributed by atoms with Gasteiger partial charge in [0.1, 0.15) is 5.75 Å². The summed E-state index contributed by atoms with van der Waals surface area (Å²) in [4.78, 5) is 4.35. The summed E-state index contributed by atoms with van der Waals surface area (Å²) in [5.74, 6) is 1.34. The Labute approximate surface area is 159 Å². The first kappa shape index (κ1) is 17.5. The van der Waals surface area contributed by atoms with Crippen LogP contribution in [0.15, 0.2) is 42.6 Å². The largest absolute Gasteiger partial charge is 0.495 e. The molecule has 0 amide bonds. The van der Waals surface area contributed by atoms with E-state index in [2.05, 4.69) is 25.8 Å². The molecule has 1 aromatic heterocycles. The number of methoxy groups -OCH3 is 1. The second kappa shape index (κ2) is 7.74. The summed E-state index contributed by atoms with van der Waals surface area (Å²) in [6.07, 6.45) is 1.48. The minimum atomic E-state index is 0.274. The van der Waals surface area contributed by atoms with Crippen LogP contribution in [0.1, 0.15) is 0 Å². The molecule has 0 fully saturated rings. The topological polar surface area (TPSA) is 72.0 Å². The molecule has 0 atom stereocenters. The SMILES string of the molecule is COc1ccc(Cl)cc1Nc1nncc(Nc2ccc(Cl)cc2Cl)n1. The number of halogens is 3. The second-order valence-corrected chi connectivity index (χ2v) is 6.16. The smallest absolute Gasteiger partial charge is 0.249 e. The average molecular weight is 397 g/mol. The third kappa shape index (κ3) is 4.42. The Balaban J connectivity index is 1.83. The molecular formula is C16H12Cl3N5O. The van der Waals surface area contributed by atoms with Crippen molar-refractivity contribution in [1.29, 1.82) is 0 Å². The van der Waals surface area contributed by atoms with Gasteiger partial charge in [0.05, 0.1) is 29.7 Å². The second-order valence-electron chi connectivity index (χ2n) is 4.88. The van der Waals surface area contributed by atoms with E-state index in [-0.39, 0.29) is 5.95 Å². The van der Waals surface area contributed by atoms with Gasteiger partial charge in [-0.1, -0.05) is 34.8 Å². The maximum Gasteiger partial charge on any atom is 0.249 e. The molecule has 2 N–H and O–H groups in total. The minimum absolute atomic E-state index is 0.274. The summed E-state index contributed by atoms with van der Waals surface area (Å²) in [6.45, 7) is 0. The fourth-order valence-electron chi connectivity index (χ4n) is 2.04. The third-order valence-electron chi connectivity index (χ3n) is 3.16. The normalized spacial score (nSPS) is 10.4. The molecule has 0 saturated heterocycles. The highest BCUT2D eigenvalue weighted by Gasteiger charge is 2.08. The predicted molar refractivity (Wildman–Crippen MR) is 101 cm³/mol. The maximum absolute atomic E-state index is 6.15. The summed E-state index contributed by atoms with van der Waals surface area (Å²) in [6, 6.07) is 10.3. The highest BCUT2D eigenvalue weighted by molar-refractivity contribution is 6.36. The number of hydrogen-bond acceptors (Lipinski definition) is 6. The van der Waals surface area contributed by atoms with Crippen molar-refractivity contribution in [3.8, 4) is 5.75 Å². The number of anilines is 4. The molecule has 0 radical (unpaired) electrons. The van der Waals surface area contributed by atoms with Crippen LogP contribution < -0.4 is 15.4 Å². The van der Waals surface area contributed by atoms with Gasteiger partial charge in [-0.25, -0.2) is 0 Å². The lowest BCUT2D eigenvalue weighted by atomic mass is 10.3. The van der Waals surface area contributed by atoms with E-state index in [1.54, 1.807) is 43.5 Å². The van der Waals surface area contributed by atoms with Crippen LogP contribution >= 0.6 is 34.8 Å². The Morgan fingerprint density at radius 1 is 0.920 bits per heavy atom. The van der Waals surface area contributed by atoms with Crippen molar-refractivity contribution in [3.05, 3.63) is 57.7 Å². The van der Waals surface area contributed by atoms with Crippen LogP contribution in [0.4, 0.5) is 23.1 Å². The summed E-state index contributed by atoms with van der Waals surface area (Å²) in [5.41, 5.74) is 1.27. The van der Waals surface area contributed by atoms with E-state index in [4.69, 9.17) is 39.5 Å². The van der Waals surface area contributed by atoms with Crippen LogP contribution in [0.5, 0.6) is 5.75 Å². The number of benzene rings is 2. The Hall–Kier alpha value is -2.28. The zero-order valence-corrected chi connectivity index (χ0v) is 15.2. The molecule has 0 aliphatic carbocycles. The molecule has 0 aliphatic rings. The Morgan fingerprint density at radius 2 is 1.68 bits per heavy atom. The quantitative estimate of drug-likeness (QED) is 0.607. The zero-order chi connectivity index (χ0) is 17.8. The minimum Gasteiger partial charge on any atom is -0.495 e. The van der Waals surface area contributed by atoms with Gasteiger partial charge < -0.3 is 15.4 Å². The van der Waals surface area contributed by atoms with E-state index in [1.807, 2.05) is 0 Å². The van der Waals surface area contributed by atoms with Crippen molar-refractivity contribution in [2.75, 3.05) is 17.7 Å². The molecule has 0 unspecified atom stereocenters. The van der Waals surface area contributed by atoms with Gasteiger partial charge in [-0.3, -0.25) is 0 Å². The molecule has 9 heteroatoms. The Bertz CT molecular complexity index is 907. The van der Waals surface area contributed by atoms with E-state index in [9.17, 15) is 0 Å². The standard InChI is InChI=1S/C16H12Cl3N5O/c1-25-14-5-3-10(18)7-13(14)22-16-23-15(8-20-24-16)21-12-4-2-9(17)6-11(12)19/h2-8H,1H3,(H2,21,22,23,24). The van der Waals surface area contributed by atoms with E-state index < -0.39 is 0 Å². The molecule has 3 aromatic rings. The number of rotatable bonds is 5. The monoisotopic (exact) mass is 395 g/mol. The average Bonchev–Trinajstić information content (AvgIpc) is 2.58. The highest BCUT2D eigenvalue weighted by Crippen LogP contribution is 2.30. The van der Waals surface area contributed by atoms with Crippen molar-refractivity contribution in [2.24, 2.45) is 0 Å². The molecule has 2 aromatic carbocycles. The summed E-state index contributed by atoms with van der Waals surface area (Å²) >= 11 is 18.1. The van der Waals surface area contributed by atoms with Gasteiger partial charge in [0.15, 0.2) is 5.82 Å². The lowest BCUT2D eigenvalue weighted by molar-refractivity contribution is 0.417. The third-order valence-corrected chi connectivity index (χ3v) is 3.94. The Morgan fingerprint density at radius 3 is 2.44 bits per heavy atom. The molecule has 0 spiro atoms. The lowest BCUT2D eigenvalue weighted by Gasteiger charge is -2.11. The van der Waals surface area contributed by atoms with Crippen molar-refractivity contribution >= 4 is 57.9 Å². The number of aromatic nitrogens is 3. The molecule has 25 heavy (non-hydrogen) atoms. The summed E-state index contributed by atoms with van der Waals surface area (Å²) < 4.78 is 5.28. The van der Waals surface area contributed by atoms with E-state index in [1.165, 1.54) is 6.20 Å². The van der Waals surface area contributed by atoms with Gasteiger partial charge in [-0.2, -0.15) is 10.1 Å². The molecular weight excluding hydrogens is 385 g/mol. The van der Waals surface area contributed by atoms with Crippen LogP contribution in [0.3, 0.4) is 0 Å². The van der Waals surface area contributed by atoms with Crippen LogP contribution in [-0.2, 0) is 0 Å². The number of ether oxygens (including phenoxy) is 1. The van der Waals surface area contributed by atoms with Gasteiger partial charge in [-0.15, -0.1) is 5.10 Å². The molecule has 3 rings (SSSR count).